The van der Waals surface area contributed by atoms with Crippen molar-refractivity contribution in [1.29, 1.82) is 0 Å². The summed E-state index contributed by atoms with van der Waals surface area (Å²) < 4.78 is 39.6. The predicted octanol–water partition coefficient (Wildman–Crippen LogP) is 5.01. The van der Waals surface area contributed by atoms with E-state index in [9.17, 15) is 13.3 Å². The molecule has 0 bridgehead atoms. The average molecular weight is 578 g/mol. The van der Waals surface area contributed by atoms with Crippen LogP contribution in [0, 0.1) is 0 Å². The Balaban J connectivity index is 0.00000364. The summed E-state index contributed by atoms with van der Waals surface area (Å²) in [6, 6.07) is 12.2. The molecule has 0 heterocycles. The van der Waals surface area contributed by atoms with Crippen molar-refractivity contribution in [2.24, 2.45) is 0 Å². The third kappa shape index (κ3) is 8.71. The van der Waals surface area contributed by atoms with Crippen LogP contribution in [0.15, 0.2) is 51.4 Å². The van der Waals surface area contributed by atoms with Gasteiger partial charge in [0.05, 0.1) is 0 Å². The van der Waals surface area contributed by atoms with Gasteiger partial charge in [-0.2, -0.15) is 20.5 Å². The van der Waals surface area contributed by atoms with Gasteiger partial charge in [0, 0.05) is 20.3 Å². The van der Waals surface area contributed by atoms with E-state index in [0.29, 0.717) is 5.75 Å². The third-order valence-corrected chi connectivity index (χ3v) is 6.93. The molecule has 0 atom stereocenters. The van der Waals surface area contributed by atoms with E-state index in [2.05, 4.69) is 44.0 Å². The third-order valence-electron chi connectivity index (χ3n) is 3.66. The second-order valence-electron chi connectivity index (χ2n) is 5.68. The average Bonchev–Trinajstić information content (AvgIpc) is 2.55. The van der Waals surface area contributed by atoms with Crippen LogP contribution in [0.25, 0.3) is 0 Å². The molecule has 0 aromatic heterocycles. The zero-order valence-corrected chi connectivity index (χ0v) is 18.4. The Bertz CT molecular complexity index is 807. The normalized spacial score (nSPS) is 11.5. The van der Waals surface area contributed by atoms with E-state index in [1.54, 1.807) is 11.8 Å². The van der Waals surface area contributed by atoms with Crippen molar-refractivity contribution in [1.82, 2.24) is 0 Å². The maximum absolute atomic E-state index is 13.8. The second-order valence-corrected chi connectivity index (χ2v) is 10.2. The molecule has 28 heavy (non-hydrogen) atoms. The number of benzene rings is 2. The fourth-order valence-electron chi connectivity index (χ4n) is 2.27. The van der Waals surface area contributed by atoms with Crippen LogP contribution in [0.3, 0.4) is 0 Å². The van der Waals surface area contributed by atoms with Crippen molar-refractivity contribution in [3.8, 4) is 0 Å². The molecule has 0 aliphatic heterocycles. The molecular weight excluding hydrogens is 559 g/mol. The fraction of sp³-hybridized carbons (Fsp3) is 0.294. The van der Waals surface area contributed by atoms with E-state index in [1.807, 2.05) is 12.1 Å². The first-order chi connectivity index (χ1) is 12.1. The molecule has 0 amide bonds. The minimum absolute atomic E-state index is 0. The predicted molar refractivity (Wildman–Crippen MR) is 123 cm³/mol. The fourth-order valence-corrected chi connectivity index (χ4v) is 4.78. The molecule has 2 aromatic carbocycles. The molecule has 0 aliphatic rings. The van der Waals surface area contributed by atoms with Crippen molar-refractivity contribution < 1.29 is 23.1 Å². The molecule has 2 rings (SSSR count). The van der Waals surface area contributed by atoms with Crippen molar-refractivity contribution in [3.05, 3.63) is 68.1 Å². The number of thioether (sulfide) groups is 1. The van der Waals surface area contributed by atoms with E-state index in [4.69, 9.17) is 9.79 Å². The second kappa shape index (κ2) is 13.3. The number of halogens is 4. The van der Waals surface area contributed by atoms with Crippen LogP contribution in [0.1, 0.15) is 23.1 Å². The molecule has 0 fully saturated rings. The molecular formula is C17H19Br2F2Na2O3PS. The summed E-state index contributed by atoms with van der Waals surface area (Å²) in [6.07, 6.45) is 1.97. The van der Waals surface area contributed by atoms with Crippen LogP contribution in [0.4, 0.5) is 8.78 Å². The molecule has 3 nitrogen and oxygen atoms in total. The summed E-state index contributed by atoms with van der Waals surface area (Å²) in [5.74, 6) is 1.56. The van der Waals surface area contributed by atoms with E-state index < -0.39 is 18.8 Å². The van der Waals surface area contributed by atoms with Crippen molar-refractivity contribution in [2.45, 2.75) is 24.3 Å². The van der Waals surface area contributed by atoms with Gasteiger partial charge in [0.25, 0.3) is 0 Å². The van der Waals surface area contributed by atoms with Crippen molar-refractivity contribution in [3.63, 3.8) is 0 Å². The zero-order chi connectivity index (χ0) is 19.4. The molecule has 0 spiro atoms. The van der Waals surface area contributed by atoms with Gasteiger partial charge in [-0.15, -0.1) is 0 Å². The molecule has 2 aromatic rings. The van der Waals surface area contributed by atoms with Crippen LogP contribution in [-0.4, -0.2) is 74.7 Å². The Morgan fingerprint density at radius 3 is 2.11 bits per heavy atom. The summed E-state index contributed by atoms with van der Waals surface area (Å²) >= 11 is 8.08. The first-order valence-corrected chi connectivity index (χ1v) is 12.0. The number of alkyl halides is 2. The summed E-state index contributed by atoms with van der Waals surface area (Å²) in [7, 11) is -5.57. The summed E-state index contributed by atoms with van der Waals surface area (Å²) in [6.45, 7) is 0. The number of hydrogen-bond donors (Lipinski definition) is 2. The van der Waals surface area contributed by atoms with Gasteiger partial charge >= 0.3 is 72.4 Å². The summed E-state index contributed by atoms with van der Waals surface area (Å²) in [5, 5.41) is 0. The van der Waals surface area contributed by atoms with E-state index in [0.717, 1.165) is 34.7 Å². The van der Waals surface area contributed by atoms with E-state index >= 15 is 0 Å². The van der Waals surface area contributed by atoms with Crippen LogP contribution in [0.5, 0.6) is 0 Å². The van der Waals surface area contributed by atoms with Gasteiger partial charge in [-0.3, -0.25) is 4.57 Å². The van der Waals surface area contributed by atoms with Gasteiger partial charge in [-0.25, -0.2) is 0 Å². The Morgan fingerprint density at radius 1 is 1.00 bits per heavy atom. The van der Waals surface area contributed by atoms with Gasteiger partial charge in [0.2, 0.25) is 0 Å². The molecule has 2 N–H and O–H groups in total. The topological polar surface area (TPSA) is 57.5 Å². The van der Waals surface area contributed by atoms with Gasteiger partial charge in [0.1, 0.15) is 0 Å². The molecule has 0 radical (unpaired) electrons. The minimum atomic E-state index is -5.57. The molecule has 0 saturated carbocycles. The number of rotatable bonds is 8. The molecule has 11 heteroatoms. The van der Waals surface area contributed by atoms with Crippen LogP contribution >= 0.6 is 51.2 Å². The SMILES string of the molecule is O=P(O)(O)C(F)(F)c1ccc(CSCCCc2ccc(Br)cc2)cc1Br.[NaH].[NaH]. The van der Waals surface area contributed by atoms with E-state index in [1.165, 1.54) is 17.7 Å². The van der Waals surface area contributed by atoms with Gasteiger partial charge < -0.3 is 9.79 Å². The number of aryl methyl sites for hydroxylation is 1. The molecule has 0 unspecified atom stereocenters. The monoisotopic (exact) mass is 576 g/mol. The Labute approximate surface area is 228 Å². The zero-order valence-electron chi connectivity index (χ0n) is 13.5. The standard InChI is InChI=1S/C17H17Br2F2O3PS.2Na.2H/c18-14-6-3-12(4-7-14)2-1-9-26-11-13-5-8-15(16(19)10-13)17(20,21)25(22,23)24;;;;/h3-8,10H,1-2,9,11H2,(H2,22,23,24);;;;. The van der Waals surface area contributed by atoms with Gasteiger partial charge in [-0.05, 0) is 47.9 Å². The quantitative estimate of drug-likeness (QED) is 0.263. The van der Waals surface area contributed by atoms with Crippen molar-refractivity contribution in [2.75, 3.05) is 5.75 Å². The molecule has 0 saturated heterocycles. The van der Waals surface area contributed by atoms with Crippen LogP contribution < -0.4 is 0 Å². The summed E-state index contributed by atoms with van der Waals surface area (Å²) in [5.41, 5.74) is -2.83. The Morgan fingerprint density at radius 2 is 1.57 bits per heavy atom. The Hall–Kier alpha value is 1.76. The van der Waals surface area contributed by atoms with Crippen LogP contribution in [-0.2, 0) is 22.4 Å². The van der Waals surface area contributed by atoms with Gasteiger partial charge in [0.15, 0.2) is 0 Å². The maximum atomic E-state index is 13.8. The van der Waals surface area contributed by atoms with Gasteiger partial charge in [-0.1, -0.05) is 56.1 Å². The molecule has 0 aliphatic carbocycles. The summed E-state index contributed by atoms with van der Waals surface area (Å²) in [4.78, 5) is 17.7. The first kappa shape index (κ1) is 29.8. The first-order valence-electron chi connectivity index (χ1n) is 7.66. The van der Waals surface area contributed by atoms with Crippen LogP contribution in [0.2, 0.25) is 0 Å². The Kier molecular flexibility index (Phi) is 14.2. The number of hydrogen-bond acceptors (Lipinski definition) is 2. The van der Waals surface area contributed by atoms with E-state index in [-0.39, 0.29) is 63.6 Å². The molecule has 146 valence electrons. The van der Waals surface area contributed by atoms with Crippen molar-refractivity contribution >= 4 is 110 Å².